The smallest absolute Gasteiger partial charge is 0.404 e. The molecule has 3 fully saturated rings. The summed E-state index contributed by atoms with van der Waals surface area (Å²) in [7, 11) is -4.46. The number of aliphatic hydroxyl groups excluding tert-OH is 1. The average Bonchev–Trinajstić information content (AvgIpc) is 3.75. The SMILES string of the molecule is O=C(O)NC(Cc1ccccc1)C(O)C([C@@H]1CO[C@H]2OCC[C@H]21)N(OC1CCOCC1)S(=O)(=O)c1ccc2c(c1)OCO2. The van der Waals surface area contributed by atoms with Crippen LogP contribution in [0, 0.1) is 11.8 Å². The van der Waals surface area contributed by atoms with E-state index in [-0.39, 0.29) is 36.4 Å². The van der Waals surface area contributed by atoms with Gasteiger partial charge in [0.2, 0.25) is 6.79 Å². The van der Waals surface area contributed by atoms with Gasteiger partial charge in [0.15, 0.2) is 17.8 Å². The summed E-state index contributed by atoms with van der Waals surface area (Å²) in [6.45, 7) is 1.25. The fraction of sp³-hybridized carbons (Fsp3) is 0.552. The van der Waals surface area contributed by atoms with Crippen LogP contribution in [0.4, 0.5) is 4.79 Å². The van der Waals surface area contributed by atoms with Gasteiger partial charge in [0.25, 0.3) is 10.0 Å². The van der Waals surface area contributed by atoms with Gasteiger partial charge in [-0.05, 0) is 43.4 Å². The zero-order valence-electron chi connectivity index (χ0n) is 23.4. The molecule has 13 nitrogen and oxygen atoms in total. The molecule has 6 rings (SSSR count). The molecule has 43 heavy (non-hydrogen) atoms. The van der Waals surface area contributed by atoms with Gasteiger partial charge in [-0.3, -0.25) is 4.84 Å². The summed E-state index contributed by atoms with van der Waals surface area (Å²) in [6.07, 6.45) is -2.39. The number of ether oxygens (including phenoxy) is 5. The van der Waals surface area contributed by atoms with Gasteiger partial charge < -0.3 is 39.2 Å². The van der Waals surface area contributed by atoms with Gasteiger partial charge in [-0.15, -0.1) is 0 Å². The van der Waals surface area contributed by atoms with E-state index in [4.69, 9.17) is 28.5 Å². The van der Waals surface area contributed by atoms with Gasteiger partial charge in [-0.2, -0.15) is 0 Å². The average molecular weight is 621 g/mol. The molecular weight excluding hydrogens is 584 g/mol. The second-order valence-electron chi connectivity index (χ2n) is 11.1. The Kier molecular flexibility index (Phi) is 9.05. The number of nitrogens with zero attached hydrogens (tertiary/aromatic N) is 1. The molecule has 0 spiro atoms. The van der Waals surface area contributed by atoms with Crippen molar-refractivity contribution in [3.8, 4) is 11.5 Å². The Hall–Kier alpha value is -2.98. The number of amides is 1. The first-order valence-electron chi connectivity index (χ1n) is 14.4. The Bertz CT molecular complexity index is 1370. The first-order chi connectivity index (χ1) is 20.8. The van der Waals surface area contributed by atoms with Crippen LogP contribution in [-0.2, 0) is 35.5 Å². The van der Waals surface area contributed by atoms with Crippen LogP contribution in [0.1, 0.15) is 24.8 Å². The molecule has 0 aliphatic carbocycles. The van der Waals surface area contributed by atoms with Gasteiger partial charge in [0, 0.05) is 31.1 Å². The van der Waals surface area contributed by atoms with E-state index in [2.05, 4.69) is 5.32 Å². The van der Waals surface area contributed by atoms with Gasteiger partial charge in [0.1, 0.15) is 0 Å². The van der Waals surface area contributed by atoms with Crippen LogP contribution in [-0.4, -0.2) is 93.0 Å². The van der Waals surface area contributed by atoms with Crippen molar-refractivity contribution in [1.82, 2.24) is 9.79 Å². The van der Waals surface area contributed by atoms with Crippen molar-refractivity contribution < 1.29 is 51.9 Å². The molecule has 3 N–H and O–H groups in total. The summed E-state index contributed by atoms with van der Waals surface area (Å²) in [4.78, 5) is 18.2. The lowest BCUT2D eigenvalue weighted by Gasteiger charge is -2.41. The van der Waals surface area contributed by atoms with Gasteiger partial charge in [-0.25, -0.2) is 13.2 Å². The summed E-state index contributed by atoms with van der Waals surface area (Å²) in [5, 5.41) is 24.3. The second-order valence-corrected chi connectivity index (χ2v) is 12.9. The number of carbonyl (C=O) groups is 1. The molecule has 4 heterocycles. The summed E-state index contributed by atoms with van der Waals surface area (Å²) in [5.74, 6) is -0.127. The highest BCUT2D eigenvalue weighted by Gasteiger charge is 2.53. The summed E-state index contributed by atoms with van der Waals surface area (Å²) in [5.41, 5.74) is 0.763. The zero-order chi connectivity index (χ0) is 30.0. The summed E-state index contributed by atoms with van der Waals surface area (Å²) in [6, 6.07) is 11.0. The number of sulfonamides is 1. The van der Waals surface area contributed by atoms with Crippen LogP contribution in [0.2, 0.25) is 0 Å². The van der Waals surface area contributed by atoms with Gasteiger partial charge in [-0.1, -0.05) is 34.8 Å². The highest BCUT2D eigenvalue weighted by Crippen LogP contribution is 2.43. The molecule has 3 unspecified atom stereocenters. The molecule has 0 saturated carbocycles. The maximum Gasteiger partial charge on any atom is 0.404 e. The third kappa shape index (κ3) is 6.45. The quantitative estimate of drug-likeness (QED) is 0.316. The molecule has 4 aliphatic heterocycles. The number of rotatable bonds is 11. The van der Waals surface area contributed by atoms with Crippen molar-refractivity contribution in [2.45, 2.75) is 61.2 Å². The van der Waals surface area contributed by atoms with Crippen molar-refractivity contribution in [2.75, 3.05) is 33.2 Å². The topological polar surface area (TPSA) is 162 Å². The molecular formula is C29H36N2O11S. The maximum absolute atomic E-state index is 14.6. The first kappa shape index (κ1) is 30.1. The highest BCUT2D eigenvalue weighted by molar-refractivity contribution is 7.89. The lowest BCUT2D eigenvalue weighted by atomic mass is 9.82. The van der Waals surface area contributed by atoms with Gasteiger partial charge in [0.05, 0.1) is 42.4 Å². The largest absolute Gasteiger partial charge is 0.465 e. The van der Waals surface area contributed by atoms with Crippen LogP contribution >= 0.6 is 0 Å². The normalized spacial score (nSPS) is 25.8. The van der Waals surface area contributed by atoms with Gasteiger partial charge >= 0.3 is 6.09 Å². The van der Waals surface area contributed by atoms with Crippen molar-refractivity contribution in [2.24, 2.45) is 11.8 Å². The van der Waals surface area contributed by atoms with E-state index in [0.29, 0.717) is 44.8 Å². The van der Waals surface area contributed by atoms with Crippen molar-refractivity contribution >= 4 is 16.1 Å². The lowest BCUT2D eigenvalue weighted by Crippen LogP contribution is -2.60. The third-order valence-electron chi connectivity index (χ3n) is 8.44. The fourth-order valence-electron chi connectivity index (χ4n) is 6.26. The molecule has 0 bridgehead atoms. The Morgan fingerprint density at radius 1 is 1.02 bits per heavy atom. The van der Waals surface area contributed by atoms with E-state index < -0.39 is 52.6 Å². The Morgan fingerprint density at radius 3 is 2.56 bits per heavy atom. The minimum Gasteiger partial charge on any atom is -0.465 e. The maximum atomic E-state index is 14.6. The Morgan fingerprint density at radius 2 is 1.79 bits per heavy atom. The Labute approximate surface area is 249 Å². The molecule has 0 radical (unpaired) electrons. The predicted octanol–water partition coefficient (Wildman–Crippen LogP) is 2.13. The van der Waals surface area contributed by atoms with Crippen LogP contribution in [0.3, 0.4) is 0 Å². The number of fused-ring (bicyclic) bond motifs is 2. The standard InChI is InChI=1S/C29H36N2O11S/c32-27(23(30-29(33)34)14-18-4-2-1-3-5-18)26(22-16-39-28-21(22)10-13-38-28)31(42-19-8-11-37-12-9-19)43(35,36)20-6-7-24-25(15-20)41-17-40-24/h1-7,15,19,21-23,26-28,30,32H,8-14,16-17H2,(H,33,34)/t21-,22+,23?,26?,27?,28+/m0/s1. The van der Waals surface area contributed by atoms with E-state index in [0.717, 1.165) is 10.0 Å². The minimum absolute atomic E-state index is 0.0348. The summed E-state index contributed by atoms with van der Waals surface area (Å²) >= 11 is 0. The minimum atomic E-state index is -4.46. The van der Waals surface area contributed by atoms with E-state index in [1.54, 1.807) is 0 Å². The monoisotopic (exact) mass is 620 g/mol. The number of hydroxylamine groups is 1. The van der Waals surface area contributed by atoms with E-state index in [1.165, 1.54) is 18.2 Å². The van der Waals surface area contributed by atoms with Crippen molar-refractivity contribution in [1.29, 1.82) is 0 Å². The lowest BCUT2D eigenvalue weighted by molar-refractivity contribution is -0.206. The number of aliphatic hydroxyl groups is 1. The van der Waals surface area contributed by atoms with Crippen LogP contribution < -0.4 is 14.8 Å². The Balaban J connectivity index is 1.43. The highest BCUT2D eigenvalue weighted by atomic mass is 32.2. The zero-order valence-corrected chi connectivity index (χ0v) is 24.3. The van der Waals surface area contributed by atoms with Crippen LogP contribution in [0.15, 0.2) is 53.4 Å². The molecule has 6 atom stereocenters. The van der Waals surface area contributed by atoms with Crippen molar-refractivity contribution in [3.05, 3.63) is 54.1 Å². The third-order valence-corrected chi connectivity index (χ3v) is 10.1. The van der Waals surface area contributed by atoms with Crippen LogP contribution in [0.25, 0.3) is 0 Å². The number of benzene rings is 2. The molecule has 14 heteroatoms. The van der Waals surface area contributed by atoms with E-state index >= 15 is 0 Å². The molecule has 3 saturated heterocycles. The predicted molar refractivity (Wildman–Crippen MR) is 149 cm³/mol. The van der Waals surface area contributed by atoms with E-state index in [9.17, 15) is 23.4 Å². The number of carboxylic acid groups (broad SMARTS) is 1. The molecule has 4 aliphatic rings. The fourth-order valence-corrected chi connectivity index (χ4v) is 7.80. The first-order valence-corrected chi connectivity index (χ1v) is 15.9. The number of hydrogen-bond donors (Lipinski definition) is 3. The molecule has 2 aromatic rings. The molecule has 1 amide bonds. The van der Waals surface area contributed by atoms with E-state index in [1.807, 2.05) is 30.3 Å². The number of nitrogens with one attached hydrogen (secondary N) is 1. The number of hydrogen-bond acceptors (Lipinski definition) is 10. The summed E-state index contributed by atoms with van der Waals surface area (Å²) < 4.78 is 58.0. The van der Waals surface area contributed by atoms with Crippen molar-refractivity contribution in [3.63, 3.8) is 0 Å². The molecule has 234 valence electrons. The second kappa shape index (κ2) is 12.9. The van der Waals surface area contributed by atoms with Crippen LogP contribution in [0.5, 0.6) is 11.5 Å². The molecule has 0 aromatic heterocycles. The molecule has 2 aromatic carbocycles.